The number of aromatic nitrogens is 4. The van der Waals surface area contributed by atoms with Crippen molar-refractivity contribution in [3.63, 3.8) is 0 Å². The van der Waals surface area contributed by atoms with Crippen molar-refractivity contribution in [2.24, 2.45) is 12.8 Å². The minimum absolute atomic E-state index is 0.0597. The van der Waals surface area contributed by atoms with Gasteiger partial charge in [0.1, 0.15) is 5.60 Å². The maximum absolute atomic E-state index is 12.3. The van der Waals surface area contributed by atoms with E-state index in [9.17, 15) is 9.59 Å². The normalized spacial score (nSPS) is 18.2. The van der Waals surface area contributed by atoms with E-state index in [0.717, 1.165) is 42.3 Å². The Hall–Kier alpha value is -3.89. The van der Waals surface area contributed by atoms with E-state index < -0.39 is 17.6 Å². The number of ether oxygens (including phenoxy) is 1. The first-order valence-electron chi connectivity index (χ1n) is 11.7. The maximum atomic E-state index is 12.3. The second kappa shape index (κ2) is 9.77. The van der Waals surface area contributed by atoms with Crippen LogP contribution in [0.4, 0.5) is 22.2 Å². The topological polar surface area (TPSA) is 149 Å². The molecular weight excluding hydrogens is 448 g/mol. The van der Waals surface area contributed by atoms with Crippen molar-refractivity contribution < 1.29 is 14.3 Å². The lowest BCUT2D eigenvalue weighted by molar-refractivity contribution is 0.0488. The molecule has 0 unspecified atom stereocenters. The number of carbonyl (C=O) groups excluding carboxylic acids is 2. The van der Waals surface area contributed by atoms with Crippen molar-refractivity contribution in [2.75, 3.05) is 10.6 Å². The van der Waals surface area contributed by atoms with Crippen LogP contribution in [-0.4, -0.2) is 49.4 Å². The number of nitrogens with two attached hydrogens (primary N) is 1. The SMILES string of the molecule is Cn1ccc2c(Nc3nc(N[C@@H]4CCCC[C@@H]4NC(=O)OC(C)(C)C)nnc3C(N)=O)cccc21. The molecule has 2 aromatic heterocycles. The van der Waals surface area contributed by atoms with Crippen LogP contribution >= 0.6 is 0 Å². The summed E-state index contributed by atoms with van der Waals surface area (Å²) >= 11 is 0. The monoisotopic (exact) mass is 480 g/mol. The molecule has 5 N–H and O–H groups in total. The Morgan fingerprint density at radius 3 is 2.57 bits per heavy atom. The smallest absolute Gasteiger partial charge is 0.407 e. The Balaban J connectivity index is 1.56. The third-order valence-electron chi connectivity index (χ3n) is 5.88. The van der Waals surface area contributed by atoms with Crippen molar-refractivity contribution in [3.8, 4) is 0 Å². The fourth-order valence-corrected chi connectivity index (χ4v) is 4.28. The third kappa shape index (κ3) is 5.79. The molecular formula is C24H32N8O3. The molecule has 0 saturated heterocycles. The largest absolute Gasteiger partial charge is 0.444 e. The molecule has 0 radical (unpaired) electrons. The average molecular weight is 481 g/mol. The molecule has 1 aromatic carbocycles. The average Bonchev–Trinajstić information content (AvgIpc) is 3.16. The predicted molar refractivity (Wildman–Crippen MR) is 134 cm³/mol. The number of rotatable bonds is 6. The number of benzene rings is 1. The van der Waals surface area contributed by atoms with Gasteiger partial charge in [-0.05, 0) is 51.8 Å². The number of hydrogen-bond donors (Lipinski definition) is 4. The molecule has 1 fully saturated rings. The van der Waals surface area contributed by atoms with Crippen molar-refractivity contribution in [3.05, 3.63) is 36.2 Å². The third-order valence-corrected chi connectivity index (χ3v) is 5.88. The Kier molecular flexibility index (Phi) is 6.77. The summed E-state index contributed by atoms with van der Waals surface area (Å²) in [6.45, 7) is 5.48. The number of nitrogens with one attached hydrogen (secondary N) is 3. The lowest BCUT2D eigenvalue weighted by Gasteiger charge is -2.33. The molecule has 3 aromatic rings. The highest BCUT2D eigenvalue weighted by molar-refractivity contribution is 5.99. The summed E-state index contributed by atoms with van der Waals surface area (Å²) in [5.74, 6) is -0.291. The Bertz CT molecular complexity index is 1230. The maximum Gasteiger partial charge on any atom is 0.407 e. The zero-order valence-corrected chi connectivity index (χ0v) is 20.5. The molecule has 1 saturated carbocycles. The van der Waals surface area contributed by atoms with Crippen LogP contribution in [-0.2, 0) is 11.8 Å². The van der Waals surface area contributed by atoms with E-state index in [0.29, 0.717) is 0 Å². The number of fused-ring (bicyclic) bond motifs is 1. The van der Waals surface area contributed by atoms with Gasteiger partial charge in [0.05, 0.1) is 6.04 Å². The second-order valence-corrected chi connectivity index (χ2v) is 9.77. The first-order chi connectivity index (χ1) is 16.6. The molecule has 2 heterocycles. The molecule has 11 nitrogen and oxygen atoms in total. The Morgan fingerprint density at radius 2 is 1.86 bits per heavy atom. The summed E-state index contributed by atoms with van der Waals surface area (Å²) in [6, 6.07) is 7.50. The molecule has 1 aliphatic rings. The number of carbonyl (C=O) groups is 2. The minimum atomic E-state index is -0.735. The predicted octanol–water partition coefficient (Wildman–Crippen LogP) is 3.45. The van der Waals surface area contributed by atoms with Crippen LogP contribution in [0.2, 0.25) is 0 Å². The first kappa shape index (κ1) is 24.2. The van der Waals surface area contributed by atoms with E-state index >= 15 is 0 Å². The van der Waals surface area contributed by atoms with Crippen LogP contribution in [0.1, 0.15) is 56.9 Å². The van der Waals surface area contributed by atoms with Crippen LogP contribution in [0.3, 0.4) is 0 Å². The molecule has 4 rings (SSSR count). The first-order valence-corrected chi connectivity index (χ1v) is 11.7. The molecule has 11 heteroatoms. The number of hydrogen-bond acceptors (Lipinski definition) is 8. The Morgan fingerprint density at radius 1 is 1.11 bits per heavy atom. The highest BCUT2D eigenvalue weighted by atomic mass is 16.6. The second-order valence-electron chi connectivity index (χ2n) is 9.77. The molecule has 2 amide bonds. The van der Waals surface area contributed by atoms with Gasteiger partial charge in [0.15, 0.2) is 11.5 Å². The number of anilines is 3. The fourth-order valence-electron chi connectivity index (χ4n) is 4.28. The van der Waals surface area contributed by atoms with Crippen molar-refractivity contribution in [1.29, 1.82) is 0 Å². The summed E-state index contributed by atoms with van der Waals surface area (Å²) in [6.07, 6.45) is 5.09. The van der Waals surface area contributed by atoms with E-state index in [1.165, 1.54) is 0 Å². The van der Waals surface area contributed by atoms with Crippen LogP contribution in [0.25, 0.3) is 10.9 Å². The van der Waals surface area contributed by atoms with Gasteiger partial charge in [-0.3, -0.25) is 4.79 Å². The molecule has 0 bridgehead atoms. The van der Waals surface area contributed by atoms with Crippen LogP contribution in [0, 0.1) is 0 Å². The number of aryl methyl sites for hydroxylation is 1. The molecule has 35 heavy (non-hydrogen) atoms. The minimum Gasteiger partial charge on any atom is -0.444 e. The summed E-state index contributed by atoms with van der Waals surface area (Å²) in [5.41, 5.74) is 6.68. The molecule has 0 aliphatic heterocycles. The lowest BCUT2D eigenvalue weighted by atomic mass is 9.90. The zero-order chi connectivity index (χ0) is 25.2. The number of alkyl carbamates (subject to hydrolysis) is 1. The van der Waals surface area contributed by atoms with Crippen LogP contribution in [0.15, 0.2) is 30.5 Å². The van der Waals surface area contributed by atoms with Crippen LogP contribution in [0.5, 0.6) is 0 Å². The Labute approximate surface area is 203 Å². The van der Waals surface area contributed by atoms with Gasteiger partial charge in [-0.1, -0.05) is 18.9 Å². The van der Waals surface area contributed by atoms with Gasteiger partial charge in [-0.25, -0.2) is 4.79 Å². The molecule has 0 spiro atoms. The van der Waals surface area contributed by atoms with Crippen molar-refractivity contribution >= 4 is 40.4 Å². The van der Waals surface area contributed by atoms with E-state index in [1.54, 1.807) is 0 Å². The quantitative estimate of drug-likeness (QED) is 0.419. The standard InChI is InChI=1S/C24H32N8O3/c1-24(2,3)35-23(34)28-17-9-6-5-8-16(17)27-22-29-21(19(20(25)33)30-31-22)26-15-10-7-11-18-14(15)12-13-32(18)4/h7,10-13,16-17H,5-6,8-9H2,1-4H3,(H2,25,33)(H,28,34)(H2,26,27,29,31)/t16-,17+/m1/s1. The summed E-state index contributed by atoms with van der Waals surface area (Å²) < 4.78 is 7.42. The van der Waals surface area contributed by atoms with Crippen molar-refractivity contribution in [2.45, 2.75) is 64.1 Å². The number of amides is 2. The van der Waals surface area contributed by atoms with Gasteiger partial charge in [0.25, 0.3) is 5.91 Å². The highest BCUT2D eigenvalue weighted by Crippen LogP contribution is 2.28. The highest BCUT2D eigenvalue weighted by Gasteiger charge is 2.29. The van der Waals surface area contributed by atoms with E-state index in [2.05, 4.69) is 31.1 Å². The molecule has 2 atom stereocenters. The number of nitrogens with zero attached hydrogens (tertiary/aromatic N) is 4. The van der Waals surface area contributed by atoms with Crippen LogP contribution < -0.4 is 21.7 Å². The van der Waals surface area contributed by atoms with Gasteiger partial charge >= 0.3 is 6.09 Å². The van der Waals surface area contributed by atoms with E-state index in [-0.39, 0.29) is 29.5 Å². The van der Waals surface area contributed by atoms with Gasteiger partial charge in [0, 0.05) is 35.9 Å². The van der Waals surface area contributed by atoms with Gasteiger partial charge in [-0.15, -0.1) is 10.2 Å². The van der Waals surface area contributed by atoms with Gasteiger partial charge in [0.2, 0.25) is 5.95 Å². The zero-order valence-electron chi connectivity index (χ0n) is 20.5. The summed E-state index contributed by atoms with van der Waals surface area (Å²) in [7, 11) is 1.96. The number of primary amides is 1. The molecule has 1 aliphatic carbocycles. The van der Waals surface area contributed by atoms with E-state index in [1.807, 2.05) is 62.8 Å². The molecule has 186 valence electrons. The summed E-state index contributed by atoms with van der Waals surface area (Å²) in [4.78, 5) is 28.9. The van der Waals surface area contributed by atoms with Gasteiger partial charge in [-0.2, -0.15) is 4.98 Å². The summed E-state index contributed by atoms with van der Waals surface area (Å²) in [5, 5.41) is 18.5. The van der Waals surface area contributed by atoms with E-state index in [4.69, 9.17) is 10.5 Å². The van der Waals surface area contributed by atoms with Gasteiger partial charge < -0.3 is 31.0 Å². The lowest BCUT2D eigenvalue weighted by Crippen LogP contribution is -2.50. The van der Waals surface area contributed by atoms with Crippen molar-refractivity contribution in [1.82, 2.24) is 25.1 Å². The fraction of sp³-hybridized carbons (Fsp3) is 0.458.